The minimum absolute atomic E-state index is 0.0424. The van der Waals surface area contributed by atoms with Crippen molar-refractivity contribution in [2.45, 2.75) is 25.3 Å². The molecule has 0 radical (unpaired) electrons. The number of anilines is 1. The van der Waals surface area contributed by atoms with E-state index in [1.807, 2.05) is 12.3 Å². The van der Waals surface area contributed by atoms with Crippen LogP contribution in [-0.4, -0.2) is 23.7 Å². The molecule has 0 spiro atoms. The zero-order valence-corrected chi connectivity index (χ0v) is 10.4. The maximum Gasteiger partial charge on any atom is 0.0693 e. The summed E-state index contributed by atoms with van der Waals surface area (Å²) in [6.07, 6.45) is 5.87. The average molecular weight is 271 g/mol. The predicted octanol–water partition coefficient (Wildman–Crippen LogP) is 2.83. The minimum atomic E-state index is 0.0424. The highest BCUT2D eigenvalue weighted by molar-refractivity contribution is 9.10. The molecule has 82 valence electrons. The summed E-state index contributed by atoms with van der Waals surface area (Å²) in [4.78, 5) is 4.13. The van der Waals surface area contributed by atoms with Gasteiger partial charge in [0.2, 0.25) is 0 Å². The van der Waals surface area contributed by atoms with E-state index in [2.05, 4.69) is 33.2 Å². The largest absolute Gasteiger partial charge is 0.379 e. The number of hydrogen-bond acceptors (Lipinski definition) is 3. The number of nitrogens with one attached hydrogen (secondary N) is 1. The van der Waals surface area contributed by atoms with Crippen LogP contribution < -0.4 is 5.32 Å². The fourth-order valence-electron chi connectivity index (χ4n) is 1.86. The molecule has 0 saturated carbocycles. The first-order valence-electron chi connectivity index (χ1n) is 5.14. The van der Waals surface area contributed by atoms with Crippen molar-refractivity contribution in [2.75, 3.05) is 18.5 Å². The molecule has 1 aromatic rings. The Hall–Kier alpha value is -0.610. The van der Waals surface area contributed by atoms with Crippen molar-refractivity contribution in [1.82, 2.24) is 4.98 Å². The predicted molar refractivity (Wildman–Crippen MR) is 64.0 cm³/mol. The Bertz CT molecular complexity index is 337. The number of nitrogens with zero attached hydrogens (tertiary/aromatic N) is 1. The molecule has 1 aliphatic rings. The number of halogens is 1. The van der Waals surface area contributed by atoms with Crippen molar-refractivity contribution in [3.63, 3.8) is 0 Å². The normalized spacial score (nSPS) is 26.3. The van der Waals surface area contributed by atoms with E-state index in [4.69, 9.17) is 4.74 Å². The molecule has 1 aliphatic heterocycles. The van der Waals surface area contributed by atoms with Gasteiger partial charge >= 0.3 is 0 Å². The van der Waals surface area contributed by atoms with Gasteiger partial charge in [0.1, 0.15) is 0 Å². The van der Waals surface area contributed by atoms with Gasteiger partial charge in [0.05, 0.1) is 24.0 Å². The smallest absolute Gasteiger partial charge is 0.0693 e. The number of ether oxygens (including phenoxy) is 1. The summed E-state index contributed by atoms with van der Waals surface area (Å²) in [6, 6.07) is 2.03. The van der Waals surface area contributed by atoms with E-state index in [-0.39, 0.29) is 5.54 Å². The molecule has 1 aromatic heterocycles. The monoisotopic (exact) mass is 270 g/mol. The highest BCUT2D eigenvalue weighted by atomic mass is 79.9. The molecule has 1 atom stereocenters. The molecule has 3 nitrogen and oxygen atoms in total. The lowest BCUT2D eigenvalue weighted by molar-refractivity contribution is 0.0540. The molecule has 0 aromatic carbocycles. The van der Waals surface area contributed by atoms with Gasteiger partial charge in [-0.05, 0) is 41.8 Å². The maximum absolute atomic E-state index is 5.49. The molecule has 2 heterocycles. The minimum Gasteiger partial charge on any atom is -0.379 e. The lowest BCUT2D eigenvalue weighted by atomic mass is 9.95. The van der Waals surface area contributed by atoms with E-state index in [0.29, 0.717) is 0 Å². The quantitative estimate of drug-likeness (QED) is 0.898. The summed E-state index contributed by atoms with van der Waals surface area (Å²) >= 11 is 3.41. The summed E-state index contributed by atoms with van der Waals surface area (Å²) in [5.74, 6) is 0. The molecule has 2 rings (SSSR count). The first-order valence-corrected chi connectivity index (χ1v) is 5.94. The molecule has 1 fully saturated rings. The second-order valence-electron chi connectivity index (χ2n) is 4.23. The third-order valence-corrected chi connectivity index (χ3v) is 3.02. The van der Waals surface area contributed by atoms with Crippen molar-refractivity contribution < 1.29 is 4.74 Å². The van der Waals surface area contributed by atoms with Crippen LogP contribution in [0.5, 0.6) is 0 Å². The highest BCUT2D eigenvalue weighted by Gasteiger charge is 2.27. The zero-order valence-electron chi connectivity index (χ0n) is 8.79. The van der Waals surface area contributed by atoms with E-state index in [9.17, 15) is 0 Å². The summed E-state index contributed by atoms with van der Waals surface area (Å²) in [7, 11) is 0. The van der Waals surface area contributed by atoms with Gasteiger partial charge in [-0.3, -0.25) is 4.98 Å². The molecule has 1 unspecified atom stereocenters. The van der Waals surface area contributed by atoms with Gasteiger partial charge in [0.25, 0.3) is 0 Å². The van der Waals surface area contributed by atoms with Gasteiger partial charge < -0.3 is 10.1 Å². The maximum atomic E-state index is 5.49. The number of rotatable bonds is 2. The van der Waals surface area contributed by atoms with Crippen LogP contribution in [0.1, 0.15) is 19.8 Å². The van der Waals surface area contributed by atoms with Gasteiger partial charge in [0.15, 0.2) is 0 Å². The van der Waals surface area contributed by atoms with E-state index in [0.717, 1.165) is 36.2 Å². The molecular weight excluding hydrogens is 256 g/mol. The van der Waals surface area contributed by atoms with Crippen molar-refractivity contribution in [2.24, 2.45) is 0 Å². The molecule has 0 amide bonds. The SMILES string of the molecule is CC1(Nc2cncc(Br)c2)CCCOC1. The van der Waals surface area contributed by atoms with Crippen molar-refractivity contribution >= 4 is 21.6 Å². The second kappa shape index (κ2) is 4.49. The van der Waals surface area contributed by atoms with Crippen molar-refractivity contribution in [3.05, 3.63) is 22.9 Å². The van der Waals surface area contributed by atoms with E-state index in [1.165, 1.54) is 0 Å². The number of aromatic nitrogens is 1. The zero-order chi connectivity index (χ0) is 10.7. The first-order chi connectivity index (χ1) is 7.18. The van der Waals surface area contributed by atoms with Crippen LogP contribution in [-0.2, 0) is 4.74 Å². The van der Waals surface area contributed by atoms with Crippen molar-refractivity contribution in [1.29, 1.82) is 0 Å². The Morgan fingerprint density at radius 1 is 1.53 bits per heavy atom. The summed E-state index contributed by atoms with van der Waals surface area (Å²) in [5, 5.41) is 3.48. The summed E-state index contributed by atoms with van der Waals surface area (Å²) in [6.45, 7) is 3.83. The second-order valence-corrected chi connectivity index (χ2v) is 5.15. The third kappa shape index (κ3) is 2.92. The molecule has 0 bridgehead atoms. The van der Waals surface area contributed by atoms with E-state index >= 15 is 0 Å². The van der Waals surface area contributed by atoms with Crippen LogP contribution in [0.25, 0.3) is 0 Å². The fourth-order valence-corrected chi connectivity index (χ4v) is 2.23. The van der Waals surface area contributed by atoms with E-state index < -0.39 is 0 Å². The van der Waals surface area contributed by atoms with Crippen LogP contribution in [0.4, 0.5) is 5.69 Å². The third-order valence-electron chi connectivity index (χ3n) is 2.59. The molecule has 1 N–H and O–H groups in total. The summed E-state index contributed by atoms with van der Waals surface area (Å²) < 4.78 is 6.49. The average Bonchev–Trinajstić information content (AvgIpc) is 2.18. The molecule has 1 saturated heterocycles. The fraction of sp³-hybridized carbons (Fsp3) is 0.545. The Kier molecular flexibility index (Phi) is 3.26. The Morgan fingerprint density at radius 3 is 3.07 bits per heavy atom. The standard InChI is InChI=1S/C11H15BrN2O/c1-11(3-2-4-15-8-11)14-10-5-9(12)6-13-7-10/h5-7,14H,2-4,8H2,1H3. The Labute approximate surface area is 98.4 Å². The topological polar surface area (TPSA) is 34.2 Å². The van der Waals surface area contributed by atoms with Crippen LogP contribution in [0, 0.1) is 0 Å². The van der Waals surface area contributed by atoms with Gasteiger partial charge in [-0.15, -0.1) is 0 Å². The molecule has 0 aliphatic carbocycles. The summed E-state index contributed by atoms with van der Waals surface area (Å²) in [5.41, 5.74) is 1.08. The number of pyridine rings is 1. The van der Waals surface area contributed by atoms with Gasteiger partial charge in [-0.2, -0.15) is 0 Å². The van der Waals surface area contributed by atoms with Crippen LogP contribution in [0.15, 0.2) is 22.9 Å². The molecule has 15 heavy (non-hydrogen) atoms. The molecular formula is C11H15BrN2O. The Morgan fingerprint density at radius 2 is 2.40 bits per heavy atom. The van der Waals surface area contributed by atoms with Crippen molar-refractivity contribution in [3.8, 4) is 0 Å². The van der Waals surface area contributed by atoms with Crippen LogP contribution >= 0.6 is 15.9 Å². The Balaban J connectivity index is 2.06. The van der Waals surface area contributed by atoms with Gasteiger partial charge in [-0.25, -0.2) is 0 Å². The number of hydrogen-bond donors (Lipinski definition) is 1. The van der Waals surface area contributed by atoms with Crippen LogP contribution in [0.2, 0.25) is 0 Å². The first kappa shape index (κ1) is 10.9. The highest BCUT2D eigenvalue weighted by Crippen LogP contribution is 2.24. The van der Waals surface area contributed by atoms with Crippen LogP contribution in [0.3, 0.4) is 0 Å². The molecule has 4 heteroatoms. The lowest BCUT2D eigenvalue weighted by Crippen LogP contribution is -2.43. The van der Waals surface area contributed by atoms with E-state index in [1.54, 1.807) is 6.20 Å². The van der Waals surface area contributed by atoms with Gasteiger partial charge in [0, 0.05) is 17.3 Å². The van der Waals surface area contributed by atoms with Gasteiger partial charge in [-0.1, -0.05) is 0 Å². The lowest BCUT2D eigenvalue weighted by Gasteiger charge is -2.35.